The van der Waals surface area contributed by atoms with E-state index in [1.54, 1.807) is 33.9 Å². The van der Waals surface area contributed by atoms with Crippen molar-refractivity contribution in [1.82, 2.24) is 9.36 Å². The summed E-state index contributed by atoms with van der Waals surface area (Å²) in [5, 5.41) is 8.00. The number of hydrogen-bond acceptors (Lipinski definition) is 4. The third-order valence-electron chi connectivity index (χ3n) is 2.81. The van der Waals surface area contributed by atoms with Gasteiger partial charge in [-0.25, -0.2) is 9.67 Å². The van der Waals surface area contributed by atoms with Crippen molar-refractivity contribution in [2.24, 2.45) is 10.2 Å². The van der Waals surface area contributed by atoms with Crippen LogP contribution in [-0.4, -0.2) is 9.36 Å². The molecule has 0 aliphatic rings. The molecule has 0 amide bonds. The SMILES string of the molecule is CCn1c(N)c(N=Nc2cc[nH+]cc2)c(=O)n1CC. The lowest BCUT2D eigenvalue weighted by Gasteiger charge is -2.07. The van der Waals surface area contributed by atoms with Crippen molar-refractivity contribution in [1.29, 1.82) is 0 Å². The quantitative estimate of drug-likeness (QED) is 0.845. The molecule has 0 saturated carbocycles. The molecule has 2 aromatic rings. The number of nitrogens with one attached hydrogen (secondary N) is 1. The van der Waals surface area contributed by atoms with Crippen LogP contribution in [0, 0.1) is 0 Å². The van der Waals surface area contributed by atoms with Gasteiger partial charge in [0.15, 0.2) is 23.9 Å². The number of nitrogen functional groups attached to an aromatic ring is 1. The highest BCUT2D eigenvalue weighted by atomic mass is 16.1. The number of azo groups is 1. The maximum Gasteiger partial charge on any atom is 0.296 e. The second-order valence-electron chi connectivity index (χ2n) is 3.93. The van der Waals surface area contributed by atoms with Crippen LogP contribution in [0.3, 0.4) is 0 Å². The molecule has 3 N–H and O–H groups in total. The number of anilines is 1. The Bertz CT molecular complexity index is 640. The molecule has 7 heteroatoms. The lowest BCUT2D eigenvalue weighted by Crippen LogP contribution is -2.21. The van der Waals surface area contributed by atoms with Crippen LogP contribution in [0.1, 0.15) is 13.8 Å². The molecule has 2 aromatic heterocycles. The molecule has 0 bridgehead atoms. The highest BCUT2D eigenvalue weighted by Gasteiger charge is 2.15. The first-order chi connectivity index (χ1) is 9.19. The standard InChI is InChI=1S/C12H16N6O/c1-3-17-11(13)10(12(19)18(17)4-2)16-15-9-5-7-14-8-6-9/h5-8H,3-4,13H2,1-2H3/p+1. The van der Waals surface area contributed by atoms with Gasteiger partial charge in [-0.1, -0.05) is 0 Å². The molecule has 0 saturated heterocycles. The van der Waals surface area contributed by atoms with E-state index in [1.807, 2.05) is 13.8 Å². The molecule has 19 heavy (non-hydrogen) atoms. The van der Waals surface area contributed by atoms with E-state index in [1.165, 1.54) is 0 Å². The number of nitrogens with two attached hydrogens (primary N) is 1. The minimum Gasteiger partial charge on any atom is -0.382 e. The second-order valence-corrected chi connectivity index (χ2v) is 3.93. The van der Waals surface area contributed by atoms with Gasteiger partial charge >= 0.3 is 0 Å². The van der Waals surface area contributed by atoms with Crippen LogP contribution in [0.4, 0.5) is 17.2 Å². The zero-order valence-corrected chi connectivity index (χ0v) is 11.0. The van der Waals surface area contributed by atoms with Gasteiger partial charge in [0, 0.05) is 25.2 Å². The van der Waals surface area contributed by atoms with Gasteiger partial charge in [0.05, 0.1) is 5.69 Å². The molecule has 7 nitrogen and oxygen atoms in total. The highest BCUT2D eigenvalue weighted by molar-refractivity contribution is 5.56. The summed E-state index contributed by atoms with van der Waals surface area (Å²) >= 11 is 0. The average Bonchev–Trinajstić information content (AvgIpc) is 2.68. The summed E-state index contributed by atoms with van der Waals surface area (Å²) in [6.07, 6.45) is 3.47. The number of aromatic amines is 1. The summed E-state index contributed by atoms with van der Waals surface area (Å²) in [4.78, 5) is 15.0. The van der Waals surface area contributed by atoms with E-state index in [2.05, 4.69) is 15.2 Å². The van der Waals surface area contributed by atoms with E-state index in [4.69, 9.17) is 5.73 Å². The number of rotatable bonds is 4. The Morgan fingerprint density at radius 2 is 1.79 bits per heavy atom. The van der Waals surface area contributed by atoms with Crippen LogP contribution in [0.15, 0.2) is 39.5 Å². The van der Waals surface area contributed by atoms with E-state index in [-0.39, 0.29) is 11.2 Å². The predicted octanol–water partition coefficient (Wildman–Crippen LogP) is 1.50. The fraction of sp³-hybridized carbons (Fsp3) is 0.333. The van der Waals surface area contributed by atoms with E-state index in [9.17, 15) is 4.79 Å². The van der Waals surface area contributed by atoms with Gasteiger partial charge in [-0.05, 0) is 13.8 Å². The number of aromatic nitrogens is 3. The summed E-state index contributed by atoms with van der Waals surface area (Å²) in [6, 6.07) is 3.52. The largest absolute Gasteiger partial charge is 0.382 e. The van der Waals surface area contributed by atoms with Crippen LogP contribution in [0.5, 0.6) is 0 Å². The number of hydrogen-bond donors (Lipinski definition) is 1. The van der Waals surface area contributed by atoms with Crippen molar-refractivity contribution in [2.75, 3.05) is 5.73 Å². The zero-order valence-electron chi connectivity index (χ0n) is 11.0. The van der Waals surface area contributed by atoms with Crippen molar-refractivity contribution in [2.45, 2.75) is 26.9 Å². The molecule has 100 valence electrons. The first-order valence-corrected chi connectivity index (χ1v) is 6.16. The highest BCUT2D eigenvalue weighted by Crippen LogP contribution is 2.21. The van der Waals surface area contributed by atoms with Crippen molar-refractivity contribution in [3.63, 3.8) is 0 Å². The summed E-state index contributed by atoms with van der Waals surface area (Å²) in [7, 11) is 0. The molecular formula is C12H17N6O+. The van der Waals surface area contributed by atoms with Crippen molar-refractivity contribution in [3.8, 4) is 0 Å². The normalized spacial score (nSPS) is 11.3. The smallest absolute Gasteiger partial charge is 0.296 e. The maximum absolute atomic E-state index is 12.1. The van der Waals surface area contributed by atoms with Gasteiger partial charge in [0.1, 0.15) is 0 Å². The predicted molar refractivity (Wildman–Crippen MR) is 71.6 cm³/mol. The van der Waals surface area contributed by atoms with Gasteiger partial charge in [-0.15, -0.1) is 10.2 Å². The number of pyridine rings is 1. The van der Waals surface area contributed by atoms with Crippen LogP contribution >= 0.6 is 0 Å². The van der Waals surface area contributed by atoms with Crippen LogP contribution < -0.4 is 16.3 Å². The van der Waals surface area contributed by atoms with Gasteiger partial charge in [0.25, 0.3) is 5.56 Å². The van der Waals surface area contributed by atoms with Gasteiger partial charge in [-0.2, -0.15) is 0 Å². The summed E-state index contributed by atoms with van der Waals surface area (Å²) in [5.74, 6) is 0.348. The molecule has 0 atom stereocenters. The molecule has 2 heterocycles. The first kappa shape index (κ1) is 13.0. The summed E-state index contributed by atoms with van der Waals surface area (Å²) in [5.41, 5.74) is 6.57. The Hall–Kier alpha value is -2.44. The Morgan fingerprint density at radius 3 is 2.32 bits per heavy atom. The van der Waals surface area contributed by atoms with Crippen molar-refractivity contribution < 1.29 is 4.98 Å². The lowest BCUT2D eigenvalue weighted by atomic mass is 10.4. The third-order valence-corrected chi connectivity index (χ3v) is 2.81. The maximum atomic E-state index is 12.1. The lowest BCUT2D eigenvalue weighted by molar-refractivity contribution is -0.377. The third kappa shape index (κ3) is 2.40. The minimum absolute atomic E-state index is 0.191. The Kier molecular flexibility index (Phi) is 3.74. The minimum atomic E-state index is -0.215. The molecule has 0 radical (unpaired) electrons. The van der Waals surface area contributed by atoms with Gasteiger partial charge in [0.2, 0.25) is 0 Å². The topological polar surface area (TPSA) is 91.8 Å². The van der Waals surface area contributed by atoms with Crippen LogP contribution in [0.2, 0.25) is 0 Å². The molecule has 0 fully saturated rings. The molecule has 0 aliphatic heterocycles. The summed E-state index contributed by atoms with van der Waals surface area (Å²) < 4.78 is 3.26. The van der Waals surface area contributed by atoms with Gasteiger partial charge < -0.3 is 5.73 Å². The fourth-order valence-corrected chi connectivity index (χ4v) is 1.90. The molecular weight excluding hydrogens is 244 g/mol. The van der Waals surface area contributed by atoms with E-state index in [0.717, 1.165) is 0 Å². The molecule has 0 unspecified atom stereocenters. The van der Waals surface area contributed by atoms with Gasteiger partial charge in [-0.3, -0.25) is 9.48 Å². The van der Waals surface area contributed by atoms with E-state index < -0.39 is 0 Å². The summed E-state index contributed by atoms with van der Waals surface area (Å²) in [6.45, 7) is 4.98. The molecule has 0 aliphatic carbocycles. The van der Waals surface area contributed by atoms with Crippen LogP contribution in [-0.2, 0) is 13.1 Å². The van der Waals surface area contributed by atoms with E-state index >= 15 is 0 Å². The second kappa shape index (κ2) is 5.47. The van der Waals surface area contributed by atoms with Crippen molar-refractivity contribution in [3.05, 3.63) is 34.9 Å². The van der Waals surface area contributed by atoms with Crippen LogP contribution in [0.25, 0.3) is 0 Å². The average molecular weight is 261 g/mol. The number of nitrogens with zero attached hydrogens (tertiary/aromatic N) is 4. The van der Waals surface area contributed by atoms with E-state index in [0.29, 0.717) is 24.6 Å². The molecule has 2 rings (SSSR count). The fourth-order valence-electron chi connectivity index (χ4n) is 1.90. The molecule has 0 aromatic carbocycles. The zero-order chi connectivity index (χ0) is 13.8. The Balaban J connectivity index is 2.44. The Labute approximate surface area is 110 Å². The first-order valence-electron chi connectivity index (χ1n) is 6.16. The van der Waals surface area contributed by atoms with Crippen molar-refractivity contribution >= 4 is 17.2 Å². The Morgan fingerprint density at radius 1 is 1.16 bits per heavy atom. The number of H-pyrrole nitrogens is 1. The monoisotopic (exact) mass is 261 g/mol. The molecule has 0 spiro atoms.